The molecule has 166 valence electrons. The third-order valence-electron chi connectivity index (χ3n) is 7.24. The number of allylic oxidation sites excluding steroid dienone is 1. The van der Waals surface area contributed by atoms with Crippen molar-refractivity contribution in [2.45, 2.75) is 71.6 Å². The van der Waals surface area contributed by atoms with E-state index in [1.165, 1.54) is 6.92 Å². The van der Waals surface area contributed by atoms with Crippen LogP contribution >= 0.6 is 0 Å². The first kappa shape index (κ1) is 22.5. The summed E-state index contributed by atoms with van der Waals surface area (Å²) in [5.41, 5.74) is -0.579. The van der Waals surface area contributed by atoms with Crippen molar-refractivity contribution in [1.82, 2.24) is 0 Å². The van der Waals surface area contributed by atoms with Gasteiger partial charge in [0.1, 0.15) is 18.3 Å². The van der Waals surface area contributed by atoms with Crippen LogP contribution in [0.2, 0.25) is 0 Å². The van der Waals surface area contributed by atoms with E-state index in [1.807, 2.05) is 0 Å². The molecule has 0 bridgehead atoms. The highest BCUT2D eigenvalue weighted by molar-refractivity contribution is 5.91. The zero-order chi connectivity index (χ0) is 22.5. The van der Waals surface area contributed by atoms with E-state index >= 15 is 0 Å². The molecule has 8 heteroatoms. The summed E-state index contributed by atoms with van der Waals surface area (Å²) in [6, 6.07) is 0. The van der Waals surface area contributed by atoms with Crippen LogP contribution in [0.3, 0.4) is 0 Å². The molecular formula is C22H30O8. The van der Waals surface area contributed by atoms with Crippen LogP contribution < -0.4 is 0 Å². The minimum atomic E-state index is -1.11. The van der Waals surface area contributed by atoms with E-state index in [1.54, 1.807) is 33.8 Å². The average Bonchev–Trinajstić information content (AvgIpc) is 3.09. The molecule has 2 saturated carbocycles. The second kappa shape index (κ2) is 7.81. The fraction of sp³-hybridized carbons (Fsp3) is 0.682. The normalized spacial score (nSPS) is 43.4. The predicted octanol–water partition coefficient (Wildman–Crippen LogP) is 1.29. The van der Waals surface area contributed by atoms with Crippen molar-refractivity contribution in [2.75, 3.05) is 0 Å². The molecule has 1 saturated heterocycles. The van der Waals surface area contributed by atoms with Crippen LogP contribution in [-0.4, -0.2) is 58.6 Å². The summed E-state index contributed by atoms with van der Waals surface area (Å²) >= 11 is 0. The highest BCUT2D eigenvalue weighted by Gasteiger charge is 2.68. The number of aliphatic hydroxyl groups is 2. The van der Waals surface area contributed by atoms with Crippen LogP contribution in [0.25, 0.3) is 0 Å². The highest BCUT2D eigenvalue weighted by atomic mass is 16.6. The number of carbonyl (C=O) groups is 3. The first-order valence-electron chi connectivity index (χ1n) is 10.2. The van der Waals surface area contributed by atoms with Gasteiger partial charge in [-0.05, 0) is 19.8 Å². The Morgan fingerprint density at radius 1 is 1.27 bits per heavy atom. The van der Waals surface area contributed by atoms with Gasteiger partial charge in [0, 0.05) is 35.8 Å². The molecule has 1 heterocycles. The van der Waals surface area contributed by atoms with Crippen LogP contribution in [0, 0.1) is 23.2 Å². The lowest BCUT2D eigenvalue weighted by molar-refractivity contribution is -0.170. The number of hydrogen-bond donors (Lipinski definition) is 2. The highest BCUT2D eigenvalue weighted by Crippen LogP contribution is 2.58. The number of carbonyl (C=O) groups excluding carboxylic acids is 3. The van der Waals surface area contributed by atoms with Gasteiger partial charge in [0.2, 0.25) is 0 Å². The summed E-state index contributed by atoms with van der Waals surface area (Å²) in [4.78, 5) is 36.6. The minimum absolute atomic E-state index is 0.0942. The van der Waals surface area contributed by atoms with Crippen LogP contribution in [0.1, 0.15) is 41.0 Å². The first-order valence-corrected chi connectivity index (χ1v) is 10.2. The Morgan fingerprint density at radius 2 is 1.90 bits per heavy atom. The Morgan fingerprint density at radius 3 is 2.47 bits per heavy atom. The lowest BCUT2D eigenvalue weighted by Gasteiger charge is -2.43. The Labute approximate surface area is 175 Å². The molecule has 3 aliphatic rings. The summed E-state index contributed by atoms with van der Waals surface area (Å²) in [5, 5.41) is 22.2. The number of esters is 3. The van der Waals surface area contributed by atoms with Gasteiger partial charge in [-0.2, -0.15) is 0 Å². The van der Waals surface area contributed by atoms with Gasteiger partial charge in [0.05, 0.1) is 18.1 Å². The lowest BCUT2D eigenvalue weighted by atomic mass is 9.66. The average molecular weight is 422 g/mol. The minimum Gasteiger partial charge on any atom is -0.461 e. The van der Waals surface area contributed by atoms with Gasteiger partial charge in [-0.3, -0.25) is 4.79 Å². The second-order valence-corrected chi connectivity index (χ2v) is 8.86. The molecule has 0 unspecified atom stereocenters. The zero-order valence-electron chi connectivity index (χ0n) is 18.0. The molecule has 0 aromatic carbocycles. The number of fused-ring (bicyclic) bond motifs is 2. The van der Waals surface area contributed by atoms with Crippen molar-refractivity contribution in [1.29, 1.82) is 0 Å². The molecule has 0 radical (unpaired) electrons. The Bertz CT molecular complexity index is 801. The van der Waals surface area contributed by atoms with Crippen LogP contribution in [-0.2, 0) is 28.6 Å². The predicted molar refractivity (Wildman–Crippen MR) is 105 cm³/mol. The van der Waals surface area contributed by atoms with Crippen LogP contribution in [0.15, 0.2) is 23.8 Å². The molecule has 0 aromatic rings. The second-order valence-electron chi connectivity index (χ2n) is 8.86. The van der Waals surface area contributed by atoms with Crippen LogP contribution in [0.5, 0.6) is 0 Å². The van der Waals surface area contributed by atoms with Crippen molar-refractivity contribution in [3.05, 3.63) is 23.8 Å². The summed E-state index contributed by atoms with van der Waals surface area (Å²) in [5.74, 6) is -3.64. The third-order valence-corrected chi connectivity index (χ3v) is 7.24. The Hall–Kier alpha value is -2.19. The van der Waals surface area contributed by atoms with Crippen molar-refractivity contribution >= 4 is 17.9 Å². The Balaban J connectivity index is 2.10. The van der Waals surface area contributed by atoms with Crippen molar-refractivity contribution in [3.63, 3.8) is 0 Å². The van der Waals surface area contributed by atoms with Gasteiger partial charge in [0.15, 0.2) is 0 Å². The molecular weight excluding hydrogens is 392 g/mol. The molecule has 0 amide bonds. The fourth-order valence-electron chi connectivity index (χ4n) is 5.52. The topological polar surface area (TPSA) is 119 Å². The lowest BCUT2D eigenvalue weighted by Crippen LogP contribution is -2.51. The van der Waals surface area contributed by atoms with Gasteiger partial charge >= 0.3 is 17.9 Å². The number of ether oxygens (including phenoxy) is 3. The van der Waals surface area contributed by atoms with E-state index in [0.717, 1.165) is 0 Å². The van der Waals surface area contributed by atoms with Crippen molar-refractivity contribution in [2.24, 2.45) is 23.2 Å². The quantitative estimate of drug-likeness (QED) is 0.397. The fourth-order valence-corrected chi connectivity index (χ4v) is 5.52. The first-order chi connectivity index (χ1) is 13.9. The van der Waals surface area contributed by atoms with Crippen molar-refractivity contribution < 1.29 is 38.8 Å². The molecule has 8 nitrogen and oxygen atoms in total. The standard InChI is InChI=1S/C22H30O8/c1-7-9(2)20(26)29-13-8-14(24)22(6)16(13)11(4)17(25)18-15(10(3)21(27)30-18)19(22)28-12(5)23/h7,11,13-19,24-25H,3,8H2,1-2,4-6H3/b9-7-/t11-,13-,14+,15+,16+,17+,18+,19+,22+/m0/s1. The summed E-state index contributed by atoms with van der Waals surface area (Å²) in [7, 11) is 0. The number of rotatable bonds is 3. The van der Waals surface area contributed by atoms with Gasteiger partial charge in [-0.15, -0.1) is 0 Å². The molecule has 1 aliphatic heterocycles. The van der Waals surface area contributed by atoms with Crippen LogP contribution in [0.4, 0.5) is 0 Å². The molecule has 9 atom stereocenters. The molecule has 2 N–H and O–H groups in total. The summed E-state index contributed by atoms with van der Waals surface area (Å²) in [6.07, 6.45) is -3.02. The number of hydrogen-bond acceptors (Lipinski definition) is 8. The monoisotopic (exact) mass is 422 g/mol. The Kier molecular flexibility index (Phi) is 5.86. The molecule has 2 aliphatic carbocycles. The van der Waals surface area contributed by atoms with E-state index in [4.69, 9.17) is 14.2 Å². The van der Waals surface area contributed by atoms with E-state index in [9.17, 15) is 24.6 Å². The third kappa shape index (κ3) is 3.26. The van der Waals surface area contributed by atoms with Crippen molar-refractivity contribution in [3.8, 4) is 0 Å². The number of aliphatic hydroxyl groups excluding tert-OH is 2. The van der Waals surface area contributed by atoms with E-state index in [2.05, 4.69) is 6.58 Å². The van der Waals surface area contributed by atoms with E-state index in [0.29, 0.717) is 5.57 Å². The van der Waals surface area contributed by atoms with E-state index in [-0.39, 0.29) is 12.0 Å². The molecule has 3 rings (SSSR count). The largest absolute Gasteiger partial charge is 0.461 e. The van der Waals surface area contributed by atoms with E-state index < -0.39 is 71.6 Å². The molecule has 3 fully saturated rings. The van der Waals surface area contributed by atoms with Gasteiger partial charge in [-0.25, -0.2) is 9.59 Å². The van der Waals surface area contributed by atoms with Gasteiger partial charge < -0.3 is 24.4 Å². The van der Waals surface area contributed by atoms with Gasteiger partial charge in [0.25, 0.3) is 0 Å². The smallest absolute Gasteiger partial charge is 0.334 e. The summed E-state index contributed by atoms with van der Waals surface area (Å²) in [6.45, 7) is 11.9. The molecule has 30 heavy (non-hydrogen) atoms. The maximum absolute atomic E-state index is 12.4. The maximum Gasteiger partial charge on any atom is 0.334 e. The zero-order valence-corrected chi connectivity index (χ0v) is 18.0. The molecule has 0 aromatic heterocycles. The SMILES string of the molecule is C=C1C(=O)O[C@H]2[C@H](O)[C@@H](C)[C@@H]3[C@@H](OC(=O)/C(C)=C\C)C[C@@H](O)[C@@]3(C)[C@H](OC(C)=O)[C@H]12. The maximum atomic E-state index is 12.4. The summed E-state index contributed by atoms with van der Waals surface area (Å²) < 4.78 is 16.8. The van der Waals surface area contributed by atoms with Gasteiger partial charge in [-0.1, -0.05) is 26.5 Å². The molecule has 0 spiro atoms.